The zero-order chi connectivity index (χ0) is 14.5. The number of benzene rings is 2. The predicted octanol–water partition coefficient (Wildman–Crippen LogP) is 3.19. The molecule has 3 nitrogen and oxygen atoms in total. The van der Waals surface area contributed by atoms with Gasteiger partial charge in [0.2, 0.25) is 0 Å². The Morgan fingerprint density at radius 2 is 1.95 bits per heavy atom. The molecule has 2 rings (SSSR count). The van der Waals surface area contributed by atoms with Crippen LogP contribution in [0, 0.1) is 9.39 Å². The normalized spacial score (nSPS) is 12.2. The number of methoxy groups -OCH3 is 1. The number of ether oxygens (including phenoxy) is 1. The highest BCUT2D eigenvalue weighted by Gasteiger charge is 2.15. The van der Waals surface area contributed by atoms with Crippen LogP contribution in [0.3, 0.4) is 0 Å². The van der Waals surface area contributed by atoms with Gasteiger partial charge in [-0.05, 0) is 52.8 Å². The summed E-state index contributed by atoms with van der Waals surface area (Å²) < 4.78 is 20.2. The molecule has 0 bridgehead atoms. The highest BCUT2D eigenvalue weighted by atomic mass is 127. The summed E-state index contributed by atoms with van der Waals surface area (Å²) in [5.41, 5.74) is 4.31. The van der Waals surface area contributed by atoms with Crippen molar-refractivity contribution in [2.45, 2.75) is 12.5 Å². The molecule has 106 valence electrons. The molecule has 0 radical (unpaired) electrons. The highest BCUT2D eigenvalue weighted by Crippen LogP contribution is 2.24. The number of hydrogen-bond donors (Lipinski definition) is 2. The minimum absolute atomic E-state index is 0.277. The van der Waals surface area contributed by atoms with E-state index in [1.54, 1.807) is 12.1 Å². The van der Waals surface area contributed by atoms with Gasteiger partial charge in [-0.25, -0.2) is 4.39 Å². The van der Waals surface area contributed by atoms with E-state index in [9.17, 15) is 4.39 Å². The molecule has 0 heterocycles. The molecule has 20 heavy (non-hydrogen) atoms. The van der Waals surface area contributed by atoms with Crippen LogP contribution in [-0.2, 0) is 6.42 Å². The van der Waals surface area contributed by atoms with E-state index in [4.69, 9.17) is 10.6 Å². The van der Waals surface area contributed by atoms with Crippen LogP contribution in [0.2, 0.25) is 0 Å². The summed E-state index contributed by atoms with van der Waals surface area (Å²) in [6.07, 6.45) is 0.622. The van der Waals surface area contributed by atoms with E-state index >= 15 is 0 Å². The molecule has 0 aliphatic heterocycles. The van der Waals surface area contributed by atoms with Crippen molar-refractivity contribution in [1.82, 2.24) is 5.43 Å². The molecule has 2 aromatic rings. The first-order valence-electron chi connectivity index (χ1n) is 6.18. The third kappa shape index (κ3) is 3.68. The quantitative estimate of drug-likeness (QED) is 0.472. The molecule has 0 amide bonds. The zero-order valence-electron chi connectivity index (χ0n) is 11.1. The van der Waals surface area contributed by atoms with Gasteiger partial charge >= 0.3 is 0 Å². The highest BCUT2D eigenvalue weighted by molar-refractivity contribution is 14.1. The first kappa shape index (κ1) is 15.2. The smallest absolute Gasteiger partial charge is 0.131 e. The summed E-state index contributed by atoms with van der Waals surface area (Å²) in [6.45, 7) is 0. The summed E-state index contributed by atoms with van der Waals surface area (Å²) in [6, 6.07) is 12.6. The molecule has 0 saturated carbocycles. The second kappa shape index (κ2) is 7.01. The van der Waals surface area contributed by atoms with E-state index < -0.39 is 0 Å². The molecule has 0 saturated heterocycles. The fraction of sp³-hybridized carbons (Fsp3) is 0.200. The predicted molar refractivity (Wildman–Crippen MR) is 85.9 cm³/mol. The van der Waals surface area contributed by atoms with Crippen molar-refractivity contribution < 1.29 is 9.13 Å². The van der Waals surface area contributed by atoms with Crippen LogP contribution in [0.5, 0.6) is 5.75 Å². The van der Waals surface area contributed by atoms with Crippen molar-refractivity contribution in [3.8, 4) is 5.75 Å². The third-order valence-corrected chi connectivity index (χ3v) is 3.86. The Morgan fingerprint density at radius 3 is 2.50 bits per heavy atom. The van der Waals surface area contributed by atoms with Crippen LogP contribution in [0.15, 0.2) is 42.5 Å². The summed E-state index contributed by atoms with van der Waals surface area (Å²) in [5, 5.41) is 0. The van der Waals surface area contributed by atoms with E-state index in [0.717, 1.165) is 5.56 Å². The molecular formula is C15H16FIN2O. The van der Waals surface area contributed by atoms with Crippen molar-refractivity contribution >= 4 is 22.6 Å². The van der Waals surface area contributed by atoms with Crippen molar-refractivity contribution in [3.05, 3.63) is 63.0 Å². The minimum Gasteiger partial charge on any atom is -0.497 e. The van der Waals surface area contributed by atoms with Crippen molar-refractivity contribution in [2.24, 2.45) is 5.84 Å². The number of rotatable bonds is 5. The summed E-state index contributed by atoms with van der Waals surface area (Å²) >= 11 is 2.25. The van der Waals surface area contributed by atoms with E-state index in [1.165, 1.54) is 16.7 Å². The molecule has 0 aliphatic rings. The maximum Gasteiger partial charge on any atom is 0.131 e. The molecule has 0 aromatic heterocycles. The van der Waals surface area contributed by atoms with Gasteiger partial charge in [-0.3, -0.25) is 11.3 Å². The van der Waals surface area contributed by atoms with Crippen LogP contribution in [0.4, 0.5) is 4.39 Å². The van der Waals surface area contributed by atoms with E-state index in [0.29, 0.717) is 17.7 Å². The van der Waals surface area contributed by atoms with Gasteiger partial charge in [-0.2, -0.15) is 0 Å². The third-order valence-electron chi connectivity index (χ3n) is 3.14. The number of nitrogens with two attached hydrogens (primary N) is 1. The van der Waals surface area contributed by atoms with E-state index in [2.05, 4.69) is 28.0 Å². The molecule has 1 unspecified atom stereocenters. The lowest BCUT2D eigenvalue weighted by Gasteiger charge is -2.17. The van der Waals surface area contributed by atoms with Crippen LogP contribution in [-0.4, -0.2) is 7.11 Å². The Morgan fingerprint density at radius 1 is 1.25 bits per heavy atom. The Bertz CT molecular complexity index is 575. The van der Waals surface area contributed by atoms with Gasteiger partial charge in [0.15, 0.2) is 0 Å². The number of hydrogen-bond acceptors (Lipinski definition) is 3. The average molecular weight is 386 g/mol. The van der Waals surface area contributed by atoms with E-state index in [1.807, 2.05) is 24.3 Å². The maximum absolute atomic E-state index is 14.1. The molecule has 0 fully saturated rings. The molecule has 1 atom stereocenters. The summed E-state index contributed by atoms with van der Waals surface area (Å²) in [4.78, 5) is 0. The second-order valence-corrected chi connectivity index (χ2v) is 5.68. The van der Waals surface area contributed by atoms with Gasteiger partial charge in [0.1, 0.15) is 11.6 Å². The number of halogens is 2. The van der Waals surface area contributed by atoms with E-state index in [-0.39, 0.29) is 11.9 Å². The molecule has 2 aromatic carbocycles. The van der Waals surface area contributed by atoms with Crippen molar-refractivity contribution in [1.29, 1.82) is 0 Å². The fourth-order valence-corrected chi connectivity index (χ4v) is 2.39. The lowest BCUT2D eigenvalue weighted by Crippen LogP contribution is -2.30. The monoisotopic (exact) mass is 386 g/mol. The van der Waals surface area contributed by atoms with Crippen molar-refractivity contribution in [2.75, 3.05) is 7.11 Å². The Labute approximate surface area is 131 Å². The van der Waals surface area contributed by atoms with Crippen LogP contribution < -0.4 is 16.0 Å². The Balaban J connectivity index is 2.21. The molecule has 0 aliphatic carbocycles. The second-order valence-electron chi connectivity index (χ2n) is 4.44. The summed E-state index contributed by atoms with van der Waals surface area (Å²) in [7, 11) is 1.51. The first-order valence-corrected chi connectivity index (χ1v) is 7.26. The van der Waals surface area contributed by atoms with Gasteiger partial charge in [0.25, 0.3) is 0 Å². The Hall–Kier alpha value is -1.18. The largest absolute Gasteiger partial charge is 0.497 e. The van der Waals surface area contributed by atoms with Gasteiger partial charge in [-0.15, -0.1) is 0 Å². The molecule has 3 N–H and O–H groups in total. The SMILES string of the molecule is COc1ccc(C(Cc2ccc(I)cc2)NN)c(F)c1. The number of hydrazine groups is 1. The molecular weight excluding hydrogens is 370 g/mol. The average Bonchev–Trinajstić information content (AvgIpc) is 2.47. The lowest BCUT2D eigenvalue weighted by atomic mass is 9.99. The number of nitrogens with one attached hydrogen (secondary N) is 1. The van der Waals surface area contributed by atoms with Crippen LogP contribution in [0.25, 0.3) is 0 Å². The maximum atomic E-state index is 14.1. The fourth-order valence-electron chi connectivity index (χ4n) is 2.03. The zero-order valence-corrected chi connectivity index (χ0v) is 13.2. The van der Waals surface area contributed by atoms with Gasteiger partial charge in [0.05, 0.1) is 13.2 Å². The van der Waals surface area contributed by atoms with Gasteiger partial charge in [-0.1, -0.05) is 18.2 Å². The minimum atomic E-state index is -0.321. The lowest BCUT2D eigenvalue weighted by molar-refractivity contribution is 0.409. The van der Waals surface area contributed by atoms with Crippen LogP contribution >= 0.6 is 22.6 Å². The Kier molecular flexibility index (Phi) is 5.33. The van der Waals surface area contributed by atoms with Gasteiger partial charge < -0.3 is 4.74 Å². The van der Waals surface area contributed by atoms with Crippen LogP contribution in [0.1, 0.15) is 17.2 Å². The molecule has 0 spiro atoms. The molecule has 5 heteroatoms. The summed E-state index contributed by atoms with van der Waals surface area (Å²) in [5.74, 6) is 5.75. The topological polar surface area (TPSA) is 47.3 Å². The standard InChI is InChI=1S/C15H16FIN2O/c1-20-12-6-7-13(14(16)9-12)15(19-18)8-10-2-4-11(17)5-3-10/h2-7,9,15,19H,8,18H2,1H3. The van der Waals surface area contributed by atoms with Crippen molar-refractivity contribution in [3.63, 3.8) is 0 Å². The van der Waals surface area contributed by atoms with Gasteiger partial charge in [0, 0.05) is 15.2 Å². The first-order chi connectivity index (χ1) is 9.63.